The van der Waals surface area contributed by atoms with Gasteiger partial charge < -0.3 is 10.3 Å². The largest absolute Gasteiger partial charge is 0.343 e. The van der Waals surface area contributed by atoms with Gasteiger partial charge in [0.1, 0.15) is 5.82 Å². The molecule has 4 rings (SSSR count). The summed E-state index contributed by atoms with van der Waals surface area (Å²) in [5.74, 6) is -0.352. The lowest BCUT2D eigenvalue weighted by atomic mass is 9.69. The Morgan fingerprint density at radius 2 is 2.03 bits per heavy atom. The molecule has 0 saturated carbocycles. The number of rotatable bonds is 3. The molecule has 0 amide bonds. The summed E-state index contributed by atoms with van der Waals surface area (Å²) in [5, 5.41) is 15.0. The van der Waals surface area contributed by atoms with E-state index >= 15 is 0 Å². The van der Waals surface area contributed by atoms with Gasteiger partial charge in [0.15, 0.2) is 10.9 Å². The zero-order valence-electron chi connectivity index (χ0n) is 16.2. The number of Topliss-reactive ketones (excluding diaryl/α,β-unsaturated/α-hetero) is 1. The number of ketones is 1. The Morgan fingerprint density at radius 1 is 1.28 bits per heavy atom. The van der Waals surface area contributed by atoms with Crippen molar-refractivity contribution in [2.45, 2.75) is 37.8 Å². The van der Waals surface area contributed by atoms with Crippen LogP contribution in [0.15, 0.2) is 45.5 Å². The van der Waals surface area contributed by atoms with E-state index in [-0.39, 0.29) is 22.4 Å². The van der Waals surface area contributed by atoms with Gasteiger partial charge >= 0.3 is 0 Å². The Labute approximate surface area is 171 Å². The van der Waals surface area contributed by atoms with E-state index in [1.807, 2.05) is 20.1 Å². The second-order valence-corrected chi connectivity index (χ2v) is 8.88. The summed E-state index contributed by atoms with van der Waals surface area (Å²) in [5.41, 5.74) is 1.42. The van der Waals surface area contributed by atoms with Gasteiger partial charge in [-0.25, -0.2) is 4.98 Å². The molecule has 9 heteroatoms. The van der Waals surface area contributed by atoms with E-state index in [0.717, 1.165) is 5.70 Å². The smallest absolute Gasteiger partial charge is 0.269 e. The number of fused-ring (bicyclic) bond motifs is 1. The monoisotopic (exact) mass is 412 g/mol. The van der Waals surface area contributed by atoms with Crippen LogP contribution in [0.2, 0.25) is 0 Å². The Hall–Kier alpha value is -2.94. The highest BCUT2D eigenvalue weighted by Gasteiger charge is 2.42. The zero-order chi connectivity index (χ0) is 20.9. The van der Waals surface area contributed by atoms with Crippen LogP contribution in [-0.2, 0) is 4.79 Å². The number of hydrogen-bond donors (Lipinski definition) is 2. The number of H-pyrrole nitrogens is 1. The molecular weight excluding hydrogens is 392 g/mol. The van der Waals surface area contributed by atoms with E-state index in [0.29, 0.717) is 40.5 Å². The van der Waals surface area contributed by atoms with Gasteiger partial charge in [-0.15, -0.1) is 0 Å². The fourth-order valence-electron chi connectivity index (χ4n) is 4.14. The third-order valence-electron chi connectivity index (χ3n) is 5.31. The number of aromatic nitrogens is 2. The first kappa shape index (κ1) is 19.4. The summed E-state index contributed by atoms with van der Waals surface area (Å²) >= 11 is 1.31. The van der Waals surface area contributed by atoms with E-state index in [1.54, 1.807) is 12.1 Å². The maximum Gasteiger partial charge on any atom is 0.269 e. The van der Waals surface area contributed by atoms with Crippen molar-refractivity contribution in [3.8, 4) is 0 Å². The maximum atomic E-state index is 13.1. The van der Waals surface area contributed by atoms with Crippen LogP contribution < -0.4 is 10.9 Å². The van der Waals surface area contributed by atoms with Crippen molar-refractivity contribution >= 4 is 29.1 Å². The summed E-state index contributed by atoms with van der Waals surface area (Å²) in [4.78, 5) is 44.1. The van der Waals surface area contributed by atoms with Gasteiger partial charge in [0.05, 0.1) is 10.5 Å². The van der Waals surface area contributed by atoms with Crippen LogP contribution in [0.4, 0.5) is 11.5 Å². The number of allylic oxidation sites excluding steroid dienone is 2. The number of non-ortho nitro benzene ring substituents is 1. The number of nitro groups is 1. The molecule has 0 radical (unpaired) electrons. The van der Waals surface area contributed by atoms with Gasteiger partial charge in [0.2, 0.25) is 0 Å². The Bertz CT molecular complexity index is 1140. The molecule has 2 heterocycles. The van der Waals surface area contributed by atoms with Crippen LogP contribution in [0, 0.1) is 15.5 Å². The average Bonchev–Trinajstić information content (AvgIpc) is 2.65. The molecule has 1 atom stereocenters. The molecule has 2 aromatic rings. The lowest BCUT2D eigenvalue weighted by Gasteiger charge is -2.38. The standard InChI is InChI=1S/C20H20N4O4S/c1-20(2)8-12-15(13(25)9-20)14(10-5-4-6-11(7-10)24(27)28)16-17(21-12)22-19(29-3)23-18(16)26/h4-7,14H,8-9H2,1-3H3,(H2,21,22,23,26). The van der Waals surface area contributed by atoms with Crippen molar-refractivity contribution in [3.63, 3.8) is 0 Å². The molecule has 2 aliphatic rings. The van der Waals surface area contributed by atoms with Crippen molar-refractivity contribution in [1.29, 1.82) is 0 Å². The van der Waals surface area contributed by atoms with Crippen LogP contribution in [0.3, 0.4) is 0 Å². The normalized spacial score (nSPS) is 20.0. The number of anilines is 1. The van der Waals surface area contributed by atoms with E-state index < -0.39 is 10.8 Å². The topological polar surface area (TPSA) is 118 Å². The first-order chi connectivity index (χ1) is 13.7. The average molecular weight is 412 g/mol. The third kappa shape index (κ3) is 3.35. The Kier molecular flexibility index (Phi) is 4.57. The summed E-state index contributed by atoms with van der Waals surface area (Å²) in [6.45, 7) is 4.04. The van der Waals surface area contributed by atoms with Gasteiger partial charge in [-0.3, -0.25) is 19.7 Å². The van der Waals surface area contributed by atoms with Gasteiger partial charge in [0.25, 0.3) is 11.2 Å². The Morgan fingerprint density at radius 3 is 2.72 bits per heavy atom. The molecule has 1 unspecified atom stereocenters. The number of hydrogen-bond acceptors (Lipinski definition) is 7. The number of carbonyl (C=O) groups is 1. The van der Waals surface area contributed by atoms with Crippen molar-refractivity contribution in [3.05, 3.63) is 67.1 Å². The number of nitrogens with zero attached hydrogens (tertiary/aromatic N) is 2. The number of carbonyl (C=O) groups excluding carboxylic acids is 1. The van der Waals surface area contributed by atoms with Crippen LogP contribution in [0.25, 0.3) is 0 Å². The molecule has 1 aliphatic heterocycles. The van der Waals surface area contributed by atoms with E-state index in [9.17, 15) is 19.7 Å². The van der Waals surface area contributed by atoms with Gasteiger partial charge in [-0.1, -0.05) is 37.7 Å². The number of nitrogens with one attached hydrogen (secondary N) is 2. The highest BCUT2D eigenvalue weighted by Crippen LogP contribution is 2.47. The molecule has 1 aliphatic carbocycles. The van der Waals surface area contributed by atoms with Crippen molar-refractivity contribution in [2.24, 2.45) is 5.41 Å². The van der Waals surface area contributed by atoms with Crippen molar-refractivity contribution in [1.82, 2.24) is 9.97 Å². The minimum atomic E-state index is -0.697. The summed E-state index contributed by atoms with van der Waals surface area (Å²) in [7, 11) is 0. The van der Waals surface area contributed by atoms with Crippen LogP contribution >= 0.6 is 11.8 Å². The number of aromatic amines is 1. The molecule has 0 spiro atoms. The van der Waals surface area contributed by atoms with Gasteiger partial charge in [-0.05, 0) is 23.7 Å². The van der Waals surface area contributed by atoms with E-state index in [2.05, 4.69) is 15.3 Å². The molecule has 29 heavy (non-hydrogen) atoms. The summed E-state index contributed by atoms with van der Waals surface area (Å²) in [6.07, 6.45) is 2.79. The quantitative estimate of drug-likeness (QED) is 0.342. The molecule has 150 valence electrons. The minimum Gasteiger partial charge on any atom is -0.343 e. The lowest BCUT2D eigenvalue weighted by molar-refractivity contribution is -0.384. The lowest BCUT2D eigenvalue weighted by Crippen LogP contribution is -2.37. The van der Waals surface area contributed by atoms with Crippen LogP contribution in [0.1, 0.15) is 43.7 Å². The zero-order valence-corrected chi connectivity index (χ0v) is 17.1. The predicted octanol–water partition coefficient (Wildman–Crippen LogP) is 3.60. The van der Waals surface area contributed by atoms with Gasteiger partial charge in [0, 0.05) is 35.7 Å². The molecule has 0 saturated heterocycles. The van der Waals surface area contributed by atoms with E-state index in [1.165, 1.54) is 23.9 Å². The fourth-order valence-corrected chi connectivity index (χ4v) is 4.52. The molecule has 2 N–H and O–H groups in total. The number of thioether (sulfide) groups is 1. The fraction of sp³-hybridized carbons (Fsp3) is 0.350. The van der Waals surface area contributed by atoms with Crippen LogP contribution in [-0.4, -0.2) is 26.9 Å². The highest BCUT2D eigenvalue weighted by atomic mass is 32.2. The molecular formula is C20H20N4O4S. The maximum absolute atomic E-state index is 13.1. The van der Waals surface area contributed by atoms with Crippen molar-refractivity contribution < 1.29 is 9.72 Å². The molecule has 0 bridgehead atoms. The number of benzene rings is 1. The summed E-state index contributed by atoms with van der Waals surface area (Å²) in [6, 6.07) is 6.11. The first-order valence-corrected chi connectivity index (χ1v) is 10.4. The third-order valence-corrected chi connectivity index (χ3v) is 5.89. The molecule has 0 fully saturated rings. The molecule has 8 nitrogen and oxygen atoms in total. The second-order valence-electron chi connectivity index (χ2n) is 8.08. The molecule has 1 aromatic heterocycles. The van der Waals surface area contributed by atoms with E-state index in [4.69, 9.17) is 0 Å². The van der Waals surface area contributed by atoms with Crippen molar-refractivity contribution in [2.75, 3.05) is 11.6 Å². The highest BCUT2D eigenvalue weighted by molar-refractivity contribution is 7.98. The first-order valence-electron chi connectivity index (χ1n) is 9.16. The molecule has 1 aromatic carbocycles. The number of nitro benzene ring substituents is 1. The summed E-state index contributed by atoms with van der Waals surface area (Å²) < 4.78 is 0. The van der Waals surface area contributed by atoms with Gasteiger partial charge in [-0.2, -0.15) is 0 Å². The minimum absolute atomic E-state index is 0.0563. The van der Waals surface area contributed by atoms with Crippen LogP contribution in [0.5, 0.6) is 0 Å². The SMILES string of the molecule is CSc1nc2c(c(=O)[nH]1)C(c1cccc([N+](=O)[O-])c1)C1=C(CC(C)(C)CC1=O)N2. The second kappa shape index (κ2) is 6.84. The Balaban J connectivity index is 1.99. The predicted molar refractivity (Wildman–Crippen MR) is 110 cm³/mol.